The lowest BCUT2D eigenvalue weighted by atomic mass is 9.69. The minimum atomic E-state index is 1.15. The highest BCUT2D eigenvalue weighted by Gasteiger charge is 2.47. The van der Waals surface area contributed by atoms with Crippen LogP contribution in [0.3, 0.4) is 0 Å². The zero-order valence-corrected chi connectivity index (χ0v) is 10.5. The van der Waals surface area contributed by atoms with E-state index < -0.39 is 0 Å². The second kappa shape index (κ2) is 3.75. The summed E-state index contributed by atoms with van der Waals surface area (Å²) >= 11 is 0. The molecule has 0 amide bonds. The van der Waals surface area contributed by atoms with E-state index in [4.69, 9.17) is 0 Å². The van der Waals surface area contributed by atoms with Crippen LogP contribution in [0.5, 0.6) is 0 Å². The van der Waals surface area contributed by atoms with Crippen molar-refractivity contribution in [3.05, 3.63) is 0 Å². The summed E-state index contributed by atoms with van der Waals surface area (Å²) in [6, 6.07) is 0. The van der Waals surface area contributed by atoms with E-state index >= 15 is 0 Å². The highest BCUT2D eigenvalue weighted by molar-refractivity contribution is 4.97. The molecule has 4 fully saturated rings. The Hall–Kier alpha value is 0. The molecule has 4 rings (SSSR count). The number of rotatable bonds is 1. The summed E-state index contributed by atoms with van der Waals surface area (Å²) in [5.74, 6) is 7.03. The van der Waals surface area contributed by atoms with Crippen molar-refractivity contribution in [2.75, 3.05) is 0 Å². The zero-order chi connectivity index (χ0) is 10.5. The number of hydrogen-bond donors (Lipinski definition) is 0. The molecule has 0 N–H and O–H groups in total. The second-order valence-electron chi connectivity index (χ2n) is 7.28. The summed E-state index contributed by atoms with van der Waals surface area (Å²) in [4.78, 5) is 0. The Bertz CT molecular complexity index is 269. The van der Waals surface area contributed by atoms with Crippen LogP contribution in [-0.4, -0.2) is 0 Å². The van der Waals surface area contributed by atoms with Crippen molar-refractivity contribution in [2.24, 2.45) is 35.5 Å². The standard InChI is InChI=1S/C16H26/c1-2-12-7-9-16(14(12)3-1)15-8-5-11-4-6-13(15)10-11/h11-16H,1-10H2. The van der Waals surface area contributed by atoms with Crippen LogP contribution in [0.15, 0.2) is 0 Å². The second-order valence-corrected chi connectivity index (χ2v) is 7.28. The molecule has 0 nitrogen and oxygen atoms in total. The maximum Gasteiger partial charge on any atom is -0.0352 e. The van der Waals surface area contributed by atoms with E-state index in [0.717, 1.165) is 5.92 Å². The molecule has 0 aromatic carbocycles. The van der Waals surface area contributed by atoms with Crippen LogP contribution >= 0.6 is 0 Å². The Morgan fingerprint density at radius 2 is 1.25 bits per heavy atom. The highest BCUT2D eigenvalue weighted by atomic mass is 14.5. The van der Waals surface area contributed by atoms with Gasteiger partial charge in [0.2, 0.25) is 0 Å². The molecule has 2 bridgehead atoms. The Morgan fingerprint density at radius 1 is 0.500 bits per heavy atom. The third-order valence-electron chi connectivity index (χ3n) is 6.78. The van der Waals surface area contributed by atoms with Gasteiger partial charge in [-0.2, -0.15) is 0 Å². The van der Waals surface area contributed by atoms with Gasteiger partial charge in [0, 0.05) is 0 Å². The number of hydrogen-bond acceptors (Lipinski definition) is 0. The van der Waals surface area contributed by atoms with Crippen LogP contribution in [0.4, 0.5) is 0 Å². The fraction of sp³-hybridized carbons (Fsp3) is 1.00. The minimum Gasteiger partial charge on any atom is -0.0527 e. The van der Waals surface area contributed by atoms with Gasteiger partial charge in [0.15, 0.2) is 0 Å². The quantitative estimate of drug-likeness (QED) is 0.601. The van der Waals surface area contributed by atoms with Crippen LogP contribution in [-0.2, 0) is 0 Å². The van der Waals surface area contributed by atoms with Gasteiger partial charge in [0.1, 0.15) is 0 Å². The maximum absolute atomic E-state index is 1.62. The zero-order valence-electron chi connectivity index (χ0n) is 10.5. The molecule has 4 aliphatic rings. The third-order valence-corrected chi connectivity index (χ3v) is 6.78. The predicted octanol–water partition coefficient (Wildman–Crippen LogP) is 4.64. The summed E-state index contributed by atoms with van der Waals surface area (Å²) < 4.78 is 0. The summed E-state index contributed by atoms with van der Waals surface area (Å²) in [5, 5.41) is 0. The highest BCUT2D eigenvalue weighted by Crippen LogP contribution is 2.57. The van der Waals surface area contributed by atoms with Crippen molar-refractivity contribution >= 4 is 0 Å². The van der Waals surface area contributed by atoms with Gasteiger partial charge in [0.25, 0.3) is 0 Å². The first-order valence-electron chi connectivity index (χ1n) is 7.92. The van der Waals surface area contributed by atoms with E-state index in [-0.39, 0.29) is 0 Å². The largest absolute Gasteiger partial charge is 0.0527 e. The van der Waals surface area contributed by atoms with Gasteiger partial charge in [-0.3, -0.25) is 0 Å². The SMILES string of the molecule is C1CC2CCC(C3CCC4CCC3C4)C2C1. The molecule has 0 aliphatic heterocycles. The van der Waals surface area contributed by atoms with E-state index in [1.165, 1.54) is 29.6 Å². The molecule has 0 heteroatoms. The topological polar surface area (TPSA) is 0 Å². The van der Waals surface area contributed by atoms with Gasteiger partial charge in [-0.1, -0.05) is 25.7 Å². The molecule has 0 aromatic rings. The molecule has 90 valence electrons. The fourth-order valence-corrected chi connectivity index (χ4v) is 6.13. The van der Waals surface area contributed by atoms with Gasteiger partial charge in [0.05, 0.1) is 0 Å². The molecule has 16 heavy (non-hydrogen) atoms. The monoisotopic (exact) mass is 218 g/mol. The third kappa shape index (κ3) is 1.41. The predicted molar refractivity (Wildman–Crippen MR) is 67.1 cm³/mol. The molecule has 6 atom stereocenters. The number of fused-ring (bicyclic) bond motifs is 3. The van der Waals surface area contributed by atoms with Crippen LogP contribution in [0, 0.1) is 35.5 Å². The molecule has 0 radical (unpaired) electrons. The first-order chi connectivity index (χ1) is 7.92. The normalized spacial score (nSPS) is 55.5. The van der Waals surface area contributed by atoms with Crippen molar-refractivity contribution in [2.45, 2.75) is 64.2 Å². The van der Waals surface area contributed by atoms with Crippen LogP contribution in [0.25, 0.3) is 0 Å². The Kier molecular flexibility index (Phi) is 2.34. The molecular formula is C16H26. The fourth-order valence-electron chi connectivity index (χ4n) is 6.13. The lowest BCUT2D eigenvalue weighted by Crippen LogP contribution is -2.28. The van der Waals surface area contributed by atoms with Gasteiger partial charge < -0.3 is 0 Å². The first kappa shape index (κ1) is 9.97. The van der Waals surface area contributed by atoms with Crippen molar-refractivity contribution in [1.29, 1.82) is 0 Å². The smallest absolute Gasteiger partial charge is 0.0352 e. The van der Waals surface area contributed by atoms with Gasteiger partial charge in [-0.15, -0.1) is 0 Å². The molecule has 0 saturated heterocycles. The lowest BCUT2D eigenvalue weighted by Gasteiger charge is -2.36. The first-order valence-corrected chi connectivity index (χ1v) is 7.92. The molecular weight excluding hydrogens is 192 g/mol. The van der Waals surface area contributed by atoms with Crippen molar-refractivity contribution in [3.8, 4) is 0 Å². The summed E-state index contributed by atoms with van der Waals surface area (Å²) in [6.07, 6.45) is 16.0. The average molecular weight is 218 g/mol. The molecule has 4 saturated carbocycles. The van der Waals surface area contributed by atoms with Gasteiger partial charge in [-0.25, -0.2) is 0 Å². The summed E-state index contributed by atoms with van der Waals surface area (Å²) in [7, 11) is 0. The minimum absolute atomic E-state index is 1.15. The molecule has 0 spiro atoms. The van der Waals surface area contributed by atoms with E-state index in [9.17, 15) is 0 Å². The maximum atomic E-state index is 1.62. The molecule has 4 aliphatic carbocycles. The lowest BCUT2D eigenvalue weighted by molar-refractivity contribution is 0.133. The van der Waals surface area contributed by atoms with E-state index in [1.807, 2.05) is 0 Å². The molecule has 0 aromatic heterocycles. The van der Waals surface area contributed by atoms with Crippen LogP contribution in [0.1, 0.15) is 64.2 Å². The Labute approximate surface area is 100 Å². The Morgan fingerprint density at radius 3 is 2.25 bits per heavy atom. The van der Waals surface area contributed by atoms with Crippen molar-refractivity contribution < 1.29 is 0 Å². The van der Waals surface area contributed by atoms with Crippen molar-refractivity contribution in [3.63, 3.8) is 0 Å². The van der Waals surface area contributed by atoms with Gasteiger partial charge >= 0.3 is 0 Å². The molecule has 6 unspecified atom stereocenters. The van der Waals surface area contributed by atoms with E-state index in [1.54, 1.807) is 64.2 Å². The van der Waals surface area contributed by atoms with Crippen LogP contribution < -0.4 is 0 Å². The van der Waals surface area contributed by atoms with E-state index in [0.29, 0.717) is 0 Å². The molecule has 0 heterocycles. The Balaban J connectivity index is 1.52. The van der Waals surface area contributed by atoms with Crippen LogP contribution in [0.2, 0.25) is 0 Å². The average Bonchev–Trinajstić information content (AvgIpc) is 2.96. The summed E-state index contributed by atoms with van der Waals surface area (Å²) in [6.45, 7) is 0. The van der Waals surface area contributed by atoms with Gasteiger partial charge in [-0.05, 0) is 74.0 Å². The van der Waals surface area contributed by atoms with E-state index in [2.05, 4.69) is 0 Å². The summed E-state index contributed by atoms with van der Waals surface area (Å²) in [5.41, 5.74) is 0. The van der Waals surface area contributed by atoms with Crippen molar-refractivity contribution in [1.82, 2.24) is 0 Å².